The summed E-state index contributed by atoms with van der Waals surface area (Å²) in [5, 5.41) is 2.95. The predicted molar refractivity (Wildman–Crippen MR) is 103 cm³/mol. The van der Waals surface area contributed by atoms with Gasteiger partial charge in [-0.05, 0) is 24.1 Å². The Morgan fingerprint density at radius 1 is 1.11 bits per heavy atom. The van der Waals surface area contributed by atoms with Gasteiger partial charge in [0.2, 0.25) is 0 Å². The van der Waals surface area contributed by atoms with Gasteiger partial charge in [-0.3, -0.25) is 10.3 Å². The SMILES string of the molecule is O=C1N/C(=N\Cc2ccccc2)C(c2ccc[nH]2)N1CCCn1ccnc1. The highest BCUT2D eigenvalue weighted by molar-refractivity contribution is 6.07. The van der Waals surface area contributed by atoms with Gasteiger partial charge in [-0.25, -0.2) is 9.78 Å². The van der Waals surface area contributed by atoms with E-state index in [0.717, 1.165) is 24.2 Å². The molecule has 27 heavy (non-hydrogen) atoms. The third kappa shape index (κ3) is 3.92. The van der Waals surface area contributed by atoms with Crippen molar-refractivity contribution in [3.63, 3.8) is 0 Å². The molecule has 1 aromatic carbocycles. The van der Waals surface area contributed by atoms with Gasteiger partial charge in [-0.2, -0.15) is 0 Å². The average Bonchev–Trinajstić information content (AvgIpc) is 3.43. The maximum absolute atomic E-state index is 12.6. The molecule has 1 fully saturated rings. The molecule has 1 aliphatic heterocycles. The van der Waals surface area contributed by atoms with E-state index in [-0.39, 0.29) is 12.1 Å². The number of hydrogen-bond donors (Lipinski definition) is 2. The van der Waals surface area contributed by atoms with E-state index < -0.39 is 0 Å². The van der Waals surface area contributed by atoms with Crippen LogP contribution < -0.4 is 5.32 Å². The minimum Gasteiger partial charge on any atom is -0.363 e. The molecule has 2 amide bonds. The van der Waals surface area contributed by atoms with E-state index in [1.807, 2.05) is 64.3 Å². The van der Waals surface area contributed by atoms with Crippen molar-refractivity contribution in [3.05, 3.63) is 78.6 Å². The van der Waals surface area contributed by atoms with Crippen LogP contribution in [0.4, 0.5) is 4.79 Å². The largest absolute Gasteiger partial charge is 0.363 e. The van der Waals surface area contributed by atoms with Gasteiger partial charge in [-0.1, -0.05) is 30.3 Å². The number of hydrogen-bond acceptors (Lipinski definition) is 3. The first kappa shape index (κ1) is 17.1. The number of aromatic amines is 1. The normalized spacial score (nSPS) is 18.2. The van der Waals surface area contributed by atoms with Crippen molar-refractivity contribution in [3.8, 4) is 0 Å². The van der Waals surface area contributed by atoms with Gasteiger partial charge in [-0.15, -0.1) is 0 Å². The molecule has 138 valence electrons. The third-order valence-electron chi connectivity index (χ3n) is 4.63. The monoisotopic (exact) mass is 362 g/mol. The Kier molecular flexibility index (Phi) is 5.00. The number of rotatable bonds is 7. The fraction of sp³-hybridized carbons (Fsp3) is 0.250. The van der Waals surface area contributed by atoms with E-state index in [9.17, 15) is 4.79 Å². The zero-order valence-corrected chi connectivity index (χ0v) is 15.0. The number of carbonyl (C=O) groups excluding carboxylic acids is 1. The number of aromatic nitrogens is 3. The van der Waals surface area contributed by atoms with Crippen molar-refractivity contribution in [2.45, 2.75) is 25.6 Å². The Hall–Kier alpha value is -3.35. The number of imidazole rings is 1. The Morgan fingerprint density at radius 3 is 2.74 bits per heavy atom. The number of benzene rings is 1. The number of nitrogens with one attached hydrogen (secondary N) is 2. The molecular formula is C20H22N6O. The molecule has 0 radical (unpaired) electrons. The second kappa shape index (κ2) is 7.90. The molecule has 2 aromatic heterocycles. The molecule has 1 aliphatic rings. The highest BCUT2D eigenvalue weighted by Crippen LogP contribution is 2.26. The molecule has 7 heteroatoms. The maximum Gasteiger partial charge on any atom is 0.323 e. The van der Waals surface area contributed by atoms with E-state index >= 15 is 0 Å². The number of carbonyl (C=O) groups is 1. The van der Waals surface area contributed by atoms with Gasteiger partial charge in [0, 0.05) is 37.4 Å². The summed E-state index contributed by atoms with van der Waals surface area (Å²) in [5.74, 6) is 0.689. The van der Waals surface area contributed by atoms with E-state index in [1.54, 1.807) is 12.5 Å². The van der Waals surface area contributed by atoms with Crippen LogP contribution >= 0.6 is 0 Å². The van der Waals surface area contributed by atoms with Crippen molar-refractivity contribution in [2.24, 2.45) is 4.99 Å². The molecule has 7 nitrogen and oxygen atoms in total. The van der Waals surface area contributed by atoms with Crippen molar-refractivity contribution < 1.29 is 4.79 Å². The number of aliphatic imine (C=N–C) groups is 1. The number of aryl methyl sites for hydroxylation is 1. The lowest BCUT2D eigenvalue weighted by molar-refractivity contribution is 0.203. The van der Waals surface area contributed by atoms with E-state index in [0.29, 0.717) is 18.9 Å². The Balaban J connectivity index is 1.50. The summed E-state index contributed by atoms with van der Waals surface area (Å²) in [5.41, 5.74) is 2.07. The second-order valence-corrected chi connectivity index (χ2v) is 6.49. The van der Waals surface area contributed by atoms with E-state index in [2.05, 4.69) is 15.3 Å². The van der Waals surface area contributed by atoms with Gasteiger partial charge in [0.05, 0.1) is 12.9 Å². The lowest BCUT2D eigenvalue weighted by atomic mass is 10.1. The number of amides is 2. The molecule has 4 rings (SSSR count). The molecule has 1 saturated heterocycles. The molecule has 0 saturated carbocycles. The van der Waals surface area contributed by atoms with Crippen LogP contribution in [0.15, 0.2) is 72.4 Å². The first-order valence-corrected chi connectivity index (χ1v) is 9.06. The summed E-state index contributed by atoms with van der Waals surface area (Å²) in [6, 6.07) is 13.7. The quantitative estimate of drug-likeness (QED) is 0.678. The van der Waals surface area contributed by atoms with Crippen LogP contribution in [0.25, 0.3) is 0 Å². The van der Waals surface area contributed by atoms with Crippen LogP contribution in [0.5, 0.6) is 0 Å². The highest BCUT2D eigenvalue weighted by Gasteiger charge is 2.37. The molecule has 3 heterocycles. The molecular weight excluding hydrogens is 340 g/mol. The first-order valence-electron chi connectivity index (χ1n) is 9.06. The zero-order valence-electron chi connectivity index (χ0n) is 15.0. The van der Waals surface area contributed by atoms with Gasteiger partial charge in [0.15, 0.2) is 0 Å². The summed E-state index contributed by atoms with van der Waals surface area (Å²) in [4.78, 5) is 26.4. The first-order chi connectivity index (χ1) is 13.3. The summed E-state index contributed by atoms with van der Waals surface area (Å²) < 4.78 is 2.02. The van der Waals surface area contributed by atoms with Crippen molar-refractivity contribution in [1.82, 2.24) is 24.8 Å². The van der Waals surface area contributed by atoms with Gasteiger partial charge < -0.3 is 14.5 Å². The van der Waals surface area contributed by atoms with Gasteiger partial charge in [0.25, 0.3) is 0 Å². The number of urea groups is 1. The summed E-state index contributed by atoms with van der Waals surface area (Å²) in [7, 11) is 0. The van der Waals surface area contributed by atoms with E-state index in [4.69, 9.17) is 4.99 Å². The van der Waals surface area contributed by atoms with E-state index in [1.165, 1.54) is 0 Å². The topological polar surface area (TPSA) is 78.3 Å². The molecule has 0 aliphatic carbocycles. The molecule has 0 bridgehead atoms. The molecule has 2 N–H and O–H groups in total. The molecule has 3 aromatic rings. The Labute approximate surface area is 157 Å². The lowest BCUT2D eigenvalue weighted by Crippen LogP contribution is -2.31. The minimum absolute atomic E-state index is 0.105. The second-order valence-electron chi connectivity index (χ2n) is 6.49. The summed E-state index contributed by atoms with van der Waals surface area (Å²) in [6.45, 7) is 1.99. The molecule has 1 unspecified atom stereocenters. The Morgan fingerprint density at radius 2 is 2.00 bits per heavy atom. The van der Waals surface area contributed by atoms with Crippen LogP contribution in [-0.4, -0.2) is 37.8 Å². The van der Waals surface area contributed by atoms with Crippen LogP contribution in [-0.2, 0) is 13.1 Å². The van der Waals surface area contributed by atoms with Crippen LogP contribution in [0.3, 0.4) is 0 Å². The number of nitrogens with zero attached hydrogens (tertiary/aromatic N) is 4. The van der Waals surface area contributed by atoms with Crippen molar-refractivity contribution in [2.75, 3.05) is 6.54 Å². The fourth-order valence-electron chi connectivity index (χ4n) is 3.30. The van der Waals surface area contributed by atoms with Crippen LogP contribution in [0, 0.1) is 0 Å². The highest BCUT2D eigenvalue weighted by atomic mass is 16.2. The summed E-state index contributed by atoms with van der Waals surface area (Å²) >= 11 is 0. The van der Waals surface area contributed by atoms with Crippen molar-refractivity contribution in [1.29, 1.82) is 0 Å². The van der Waals surface area contributed by atoms with Gasteiger partial charge in [0.1, 0.15) is 11.9 Å². The standard InChI is InChI=1S/C20H22N6O/c27-20-24-19(23-14-16-6-2-1-3-7-16)18(17-8-4-9-22-17)26(20)12-5-11-25-13-10-21-15-25/h1-4,6-10,13,15,18,22H,5,11-12,14H2,(H,23,24,27). The van der Waals surface area contributed by atoms with Crippen molar-refractivity contribution >= 4 is 11.9 Å². The third-order valence-corrected chi connectivity index (χ3v) is 4.63. The lowest BCUT2D eigenvalue weighted by Gasteiger charge is -2.22. The average molecular weight is 362 g/mol. The summed E-state index contributed by atoms with van der Waals surface area (Å²) in [6.07, 6.45) is 8.20. The number of H-pyrrole nitrogens is 1. The zero-order chi connectivity index (χ0) is 18.5. The predicted octanol–water partition coefficient (Wildman–Crippen LogP) is 2.97. The van der Waals surface area contributed by atoms with Crippen LogP contribution in [0.1, 0.15) is 23.7 Å². The maximum atomic E-state index is 12.6. The molecule has 0 spiro atoms. The van der Waals surface area contributed by atoms with Gasteiger partial charge >= 0.3 is 6.03 Å². The minimum atomic E-state index is -0.209. The number of amidine groups is 1. The van der Waals surface area contributed by atoms with Crippen LogP contribution in [0.2, 0.25) is 0 Å². The smallest absolute Gasteiger partial charge is 0.323 e. The molecule has 1 atom stereocenters. The fourth-order valence-corrected chi connectivity index (χ4v) is 3.30. The Bertz CT molecular complexity index is 886.